The molecule has 0 bridgehead atoms. The van der Waals surface area contributed by atoms with E-state index in [0.29, 0.717) is 6.08 Å². The lowest BCUT2D eigenvalue weighted by atomic mass is 9.98. The molecule has 1 aliphatic rings. The number of halogens is 5. The molecular formula is C17H17Cl2F3N2O7. The highest BCUT2D eigenvalue weighted by Gasteiger charge is 2.58. The molecule has 1 aliphatic heterocycles. The lowest BCUT2D eigenvalue weighted by Gasteiger charge is -2.35. The molecule has 9 nitrogen and oxygen atoms in total. The average Bonchev–Trinajstić information content (AvgIpc) is 2.65. The second kappa shape index (κ2) is 10.2. The molecule has 0 saturated heterocycles. The van der Waals surface area contributed by atoms with Gasteiger partial charge in [0.2, 0.25) is 0 Å². The van der Waals surface area contributed by atoms with Gasteiger partial charge >= 0.3 is 12.3 Å². The molecule has 1 atom stereocenters. The zero-order valence-corrected chi connectivity index (χ0v) is 17.5. The van der Waals surface area contributed by atoms with Gasteiger partial charge in [0.15, 0.2) is 0 Å². The lowest BCUT2D eigenvalue weighted by molar-refractivity contribution is -0.757. The first-order valence-electron chi connectivity index (χ1n) is 8.63. The lowest BCUT2D eigenvalue weighted by Crippen LogP contribution is -2.53. The summed E-state index contributed by atoms with van der Waals surface area (Å²) in [6.07, 6.45) is -4.45. The third kappa shape index (κ3) is 6.77. The van der Waals surface area contributed by atoms with Crippen LogP contribution in [0.4, 0.5) is 18.0 Å². The fraction of sp³-hybridized carbons (Fsp3) is 0.471. The molecule has 1 heterocycles. The molecule has 0 spiro atoms. The topological polar surface area (TPSA) is 100 Å². The van der Waals surface area contributed by atoms with E-state index in [1.54, 1.807) is 11.9 Å². The Morgan fingerprint density at radius 3 is 2.58 bits per heavy atom. The Hall–Kier alpha value is -2.44. The molecule has 0 aliphatic carbocycles. The largest absolute Gasteiger partial charge is 0.508 e. The highest BCUT2D eigenvalue weighted by molar-refractivity contribution is 6.36. The van der Waals surface area contributed by atoms with Crippen LogP contribution in [0.25, 0.3) is 6.08 Å². The maximum atomic E-state index is 13.7. The molecule has 31 heavy (non-hydrogen) atoms. The zero-order valence-electron chi connectivity index (χ0n) is 16.0. The molecule has 1 aromatic rings. The molecule has 14 heteroatoms. The van der Waals surface area contributed by atoms with Crippen LogP contribution in [-0.4, -0.2) is 67.9 Å². The number of ether oxygens (including phenoxy) is 3. The minimum Gasteiger partial charge on any atom is -0.468 e. The summed E-state index contributed by atoms with van der Waals surface area (Å²) in [6, 6.07) is 2.60. The van der Waals surface area contributed by atoms with Crippen molar-refractivity contribution in [2.75, 3.05) is 40.0 Å². The smallest absolute Gasteiger partial charge is 0.468 e. The number of carbonyl (C=O) groups is 1. The Morgan fingerprint density at radius 2 is 1.94 bits per heavy atom. The second-order valence-electron chi connectivity index (χ2n) is 6.38. The minimum atomic E-state index is -4.94. The summed E-state index contributed by atoms with van der Waals surface area (Å²) >= 11 is 11.8. The Bertz CT molecular complexity index is 854. The van der Waals surface area contributed by atoms with Crippen molar-refractivity contribution in [3.05, 3.63) is 43.9 Å². The summed E-state index contributed by atoms with van der Waals surface area (Å²) in [4.78, 5) is 27.5. The van der Waals surface area contributed by atoms with E-state index in [4.69, 9.17) is 32.7 Å². The summed E-state index contributed by atoms with van der Waals surface area (Å²) in [6.45, 7) is -1.32. The molecule has 0 fully saturated rings. The molecular weight excluding hydrogens is 472 g/mol. The van der Waals surface area contributed by atoms with E-state index < -0.39 is 29.6 Å². The van der Waals surface area contributed by atoms with E-state index in [2.05, 4.69) is 9.57 Å². The Balaban J connectivity index is 1.92. The summed E-state index contributed by atoms with van der Waals surface area (Å²) in [5, 5.41) is 9.19. The number of hydrogen-bond acceptors (Lipinski definition) is 8. The van der Waals surface area contributed by atoms with Crippen molar-refractivity contribution in [3.63, 3.8) is 0 Å². The van der Waals surface area contributed by atoms with Gasteiger partial charge in [0.25, 0.3) is 10.7 Å². The zero-order chi connectivity index (χ0) is 23.2. The molecule has 172 valence electrons. The van der Waals surface area contributed by atoms with Crippen molar-refractivity contribution < 1.29 is 42.1 Å². The van der Waals surface area contributed by atoms with E-state index in [1.807, 2.05) is 0 Å². The molecule has 1 unspecified atom stereocenters. The van der Waals surface area contributed by atoms with Crippen LogP contribution < -0.4 is 4.74 Å². The third-order valence-electron chi connectivity index (χ3n) is 4.10. The maximum Gasteiger partial charge on any atom is 0.508 e. The number of alkyl halides is 3. The van der Waals surface area contributed by atoms with Gasteiger partial charge < -0.3 is 23.9 Å². The normalized spacial score (nSPS) is 17.6. The standard InChI is InChI=1S/C17H17Cl2F3N2O7/c1-23(5-7-30-24(26)27)4-6-28-15(25)29-10-16(17(20,21)22)3-2-11-8-12(18)9-13(19)14(11)31-16/h2-3,8-9H,4-7,10H2,1H3. The Kier molecular flexibility index (Phi) is 8.21. The summed E-state index contributed by atoms with van der Waals surface area (Å²) in [5.74, 6) is -0.249. The first kappa shape index (κ1) is 24.8. The molecule has 0 radical (unpaired) electrons. The number of nitrogens with zero attached hydrogens (tertiary/aromatic N) is 2. The number of likely N-dealkylation sites (N-methyl/N-ethyl adjacent to an activating group) is 1. The maximum absolute atomic E-state index is 13.7. The van der Waals surface area contributed by atoms with Crippen LogP contribution in [0, 0.1) is 10.1 Å². The van der Waals surface area contributed by atoms with Crippen molar-refractivity contribution in [1.82, 2.24) is 4.90 Å². The monoisotopic (exact) mass is 488 g/mol. The first-order chi connectivity index (χ1) is 14.4. The van der Waals surface area contributed by atoms with Crippen molar-refractivity contribution in [2.24, 2.45) is 0 Å². The summed E-state index contributed by atoms with van der Waals surface area (Å²) < 4.78 is 55.7. The number of benzene rings is 1. The van der Waals surface area contributed by atoms with Crippen LogP contribution in [0.2, 0.25) is 10.0 Å². The minimum absolute atomic E-state index is 0.132. The van der Waals surface area contributed by atoms with E-state index in [-0.39, 0.29) is 47.7 Å². The third-order valence-corrected chi connectivity index (χ3v) is 4.60. The van der Waals surface area contributed by atoms with Crippen molar-refractivity contribution >= 4 is 35.4 Å². The molecule has 0 saturated carbocycles. The van der Waals surface area contributed by atoms with Gasteiger partial charge in [0.05, 0.1) is 5.02 Å². The van der Waals surface area contributed by atoms with Gasteiger partial charge in [0.1, 0.15) is 25.6 Å². The molecule has 0 aromatic heterocycles. The van der Waals surface area contributed by atoms with E-state index in [1.165, 1.54) is 12.1 Å². The van der Waals surface area contributed by atoms with E-state index in [9.17, 15) is 28.1 Å². The van der Waals surface area contributed by atoms with Crippen LogP contribution in [-0.2, 0) is 14.3 Å². The molecule has 0 N–H and O–H groups in total. The van der Waals surface area contributed by atoms with Gasteiger partial charge in [-0.05, 0) is 25.3 Å². The average molecular weight is 489 g/mol. The van der Waals surface area contributed by atoms with Crippen LogP contribution in [0.3, 0.4) is 0 Å². The Morgan fingerprint density at radius 1 is 1.26 bits per heavy atom. The van der Waals surface area contributed by atoms with Crippen molar-refractivity contribution in [3.8, 4) is 5.75 Å². The van der Waals surface area contributed by atoms with Crippen LogP contribution in [0.15, 0.2) is 18.2 Å². The second-order valence-corrected chi connectivity index (χ2v) is 7.22. The SMILES string of the molecule is CN(CCOC(=O)OCC1(C(F)(F)F)C=Cc2cc(Cl)cc(Cl)c2O1)CCO[N+](=O)[O-]. The van der Waals surface area contributed by atoms with Crippen LogP contribution in [0.1, 0.15) is 5.56 Å². The van der Waals surface area contributed by atoms with Crippen molar-refractivity contribution in [1.29, 1.82) is 0 Å². The van der Waals surface area contributed by atoms with Gasteiger partial charge in [-0.2, -0.15) is 13.2 Å². The van der Waals surface area contributed by atoms with Crippen LogP contribution in [0.5, 0.6) is 5.75 Å². The predicted octanol–water partition coefficient (Wildman–Crippen LogP) is 3.99. The number of carbonyl (C=O) groups excluding carboxylic acids is 1. The van der Waals surface area contributed by atoms with Gasteiger partial charge in [-0.25, -0.2) is 4.79 Å². The number of rotatable bonds is 9. The van der Waals surface area contributed by atoms with Crippen LogP contribution >= 0.6 is 23.2 Å². The van der Waals surface area contributed by atoms with Gasteiger partial charge in [-0.1, -0.05) is 29.3 Å². The predicted molar refractivity (Wildman–Crippen MR) is 103 cm³/mol. The van der Waals surface area contributed by atoms with Gasteiger partial charge in [-0.3, -0.25) is 0 Å². The highest BCUT2D eigenvalue weighted by Crippen LogP contribution is 2.45. The number of fused-ring (bicyclic) bond motifs is 1. The molecule has 1 aromatic carbocycles. The van der Waals surface area contributed by atoms with Gasteiger partial charge in [-0.15, -0.1) is 10.1 Å². The Labute approximate surface area is 184 Å². The van der Waals surface area contributed by atoms with Crippen molar-refractivity contribution in [2.45, 2.75) is 11.8 Å². The fourth-order valence-corrected chi connectivity index (χ4v) is 2.99. The van der Waals surface area contributed by atoms with E-state index >= 15 is 0 Å². The first-order valence-corrected chi connectivity index (χ1v) is 9.38. The summed E-state index contributed by atoms with van der Waals surface area (Å²) in [5.41, 5.74) is -2.73. The highest BCUT2D eigenvalue weighted by atomic mass is 35.5. The summed E-state index contributed by atoms with van der Waals surface area (Å²) in [7, 11) is 1.57. The number of hydrogen-bond donors (Lipinski definition) is 0. The van der Waals surface area contributed by atoms with E-state index in [0.717, 1.165) is 6.08 Å². The molecule has 0 amide bonds. The quantitative estimate of drug-likeness (QED) is 0.292. The van der Waals surface area contributed by atoms with Gasteiger partial charge in [0, 0.05) is 23.7 Å². The fourth-order valence-electron chi connectivity index (χ4n) is 2.44. The molecule has 2 rings (SSSR count).